The van der Waals surface area contributed by atoms with Crippen molar-refractivity contribution in [1.29, 1.82) is 0 Å². The quantitative estimate of drug-likeness (QED) is 0.456. The maximum atomic E-state index is 13.3. The van der Waals surface area contributed by atoms with Crippen LogP contribution in [0.2, 0.25) is 0 Å². The maximum absolute atomic E-state index is 13.3. The Morgan fingerprint density at radius 2 is 1.94 bits per heavy atom. The molecule has 0 radical (unpaired) electrons. The van der Waals surface area contributed by atoms with Gasteiger partial charge in [0.2, 0.25) is 0 Å². The summed E-state index contributed by atoms with van der Waals surface area (Å²) in [6.07, 6.45) is -4.41. The van der Waals surface area contributed by atoms with Crippen LogP contribution in [0.4, 0.5) is 17.6 Å². The molecule has 0 atom stereocenters. The fourth-order valence-corrected chi connectivity index (χ4v) is 0.995. The molecule has 1 rings (SSSR count). The van der Waals surface area contributed by atoms with Crippen molar-refractivity contribution in [3.63, 3.8) is 0 Å². The third-order valence-electron chi connectivity index (χ3n) is 1.72. The van der Waals surface area contributed by atoms with E-state index in [9.17, 15) is 17.6 Å². The first kappa shape index (κ1) is 12.8. The predicted molar refractivity (Wildman–Crippen MR) is 48.6 cm³/mol. The zero-order chi connectivity index (χ0) is 12.2. The van der Waals surface area contributed by atoms with Gasteiger partial charge in [0.15, 0.2) is 18.4 Å². The highest BCUT2D eigenvalue weighted by Crippen LogP contribution is 2.20. The minimum absolute atomic E-state index is 0.123. The smallest absolute Gasteiger partial charge is 0.411 e. The van der Waals surface area contributed by atoms with Gasteiger partial charge in [-0.15, -0.1) is 0 Å². The van der Waals surface area contributed by atoms with Crippen molar-refractivity contribution in [2.24, 2.45) is 0 Å². The summed E-state index contributed by atoms with van der Waals surface area (Å²) in [5.74, 6) is -0.722. The lowest BCUT2D eigenvalue weighted by Crippen LogP contribution is -2.19. The van der Waals surface area contributed by atoms with Gasteiger partial charge in [0.25, 0.3) is 0 Å². The van der Waals surface area contributed by atoms with Crippen LogP contribution < -0.4 is 4.74 Å². The Bertz CT molecular complexity index is 349. The van der Waals surface area contributed by atoms with E-state index < -0.39 is 25.4 Å². The first-order valence-electron chi connectivity index (χ1n) is 4.42. The van der Waals surface area contributed by atoms with E-state index in [1.165, 1.54) is 25.1 Å². The topological polar surface area (TPSA) is 18.5 Å². The summed E-state index contributed by atoms with van der Waals surface area (Å²) in [7, 11) is 0. The zero-order valence-electron chi connectivity index (χ0n) is 8.47. The van der Waals surface area contributed by atoms with E-state index in [2.05, 4.69) is 4.74 Å². The van der Waals surface area contributed by atoms with Crippen LogP contribution in [0, 0.1) is 12.7 Å². The second-order valence-corrected chi connectivity index (χ2v) is 3.11. The maximum Gasteiger partial charge on any atom is 0.411 e. The van der Waals surface area contributed by atoms with Crippen LogP contribution in [0.25, 0.3) is 0 Å². The minimum Gasteiger partial charge on any atom is -0.464 e. The normalized spacial score (nSPS) is 11.6. The number of hydrogen-bond donors (Lipinski definition) is 0. The number of benzene rings is 1. The predicted octanol–water partition coefficient (Wildman–Crippen LogP) is 3.05. The fraction of sp³-hybridized carbons (Fsp3) is 0.400. The van der Waals surface area contributed by atoms with Gasteiger partial charge in [0, 0.05) is 0 Å². The highest BCUT2D eigenvalue weighted by Gasteiger charge is 2.27. The van der Waals surface area contributed by atoms with E-state index in [0.29, 0.717) is 5.56 Å². The molecule has 6 heteroatoms. The Labute approximate surface area is 89.8 Å². The number of hydrogen-bond acceptors (Lipinski definition) is 2. The van der Waals surface area contributed by atoms with Gasteiger partial charge in [-0.25, -0.2) is 4.39 Å². The van der Waals surface area contributed by atoms with Crippen molar-refractivity contribution in [2.75, 3.05) is 13.4 Å². The van der Waals surface area contributed by atoms with E-state index >= 15 is 0 Å². The molecular weight excluding hydrogens is 228 g/mol. The van der Waals surface area contributed by atoms with Crippen molar-refractivity contribution in [2.45, 2.75) is 13.1 Å². The van der Waals surface area contributed by atoms with Crippen LogP contribution >= 0.6 is 0 Å². The number of halogens is 4. The molecule has 0 aliphatic rings. The Morgan fingerprint density at radius 3 is 2.56 bits per heavy atom. The van der Waals surface area contributed by atoms with Crippen LogP contribution in [0.3, 0.4) is 0 Å². The van der Waals surface area contributed by atoms with Crippen LogP contribution in [0.5, 0.6) is 5.75 Å². The molecule has 0 aliphatic carbocycles. The van der Waals surface area contributed by atoms with Gasteiger partial charge in [-0.3, -0.25) is 0 Å². The molecule has 0 N–H and O–H groups in total. The molecule has 0 bridgehead atoms. The number of alkyl halides is 3. The van der Waals surface area contributed by atoms with Crippen LogP contribution in [0.15, 0.2) is 18.2 Å². The van der Waals surface area contributed by atoms with E-state index in [4.69, 9.17) is 4.74 Å². The molecule has 0 heterocycles. The molecule has 1 aromatic carbocycles. The molecule has 0 aliphatic heterocycles. The Hall–Kier alpha value is -1.30. The summed E-state index contributed by atoms with van der Waals surface area (Å²) in [4.78, 5) is 0. The highest BCUT2D eigenvalue weighted by atomic mass is 19.4. The number of ether oxygens (including phenoxy) is 2. The standard InChI is InChI=1S/C10H10F4O2/c1-7-3-2-4-8(9(7)11)16-6-15-5-10(12,13)14/h2-4H,5-6H2,1H3. The van der Waals surface area contributed by atoms with Gasteiger partial charge in [-0.1, -0.05) is 12.1 Å². The molecule has 16 heavy (non-hydrogen) atoms. The molecular formula is C10H10F4O2. The number of aryl methyl sites for hydroxylation is 1. The Kier molecular flexibility index (Phi) is 4.12. The Morgan fingerprint density at radius 1 is 1.25 bits per heavy atom. The third kappa shape index (κ3) is 4.06. The van der Waals surface area contributed by atoms with Gasteiger partial charge >= 0.3 is 6.18 Å². The van der Waals surface area contributed by atoms with Crippen molar-refractivity contribution in [1.82, 2.24) is 0 Å². The minimum atomic E-state index is -4.41. The first-order valence-corrected chi connectivity index (χ1v) is 4.42. The summed E-state index contributed by atoms with van der Waals surface area (Å²) in [6, 6.07) is 4.38. The van der Waals surface area contributed by atoms with Crippen LogP contribution in [0.1, 0.15) is 5.56 Å². The molecule has 2 nitrogen and oxygen atoms in total. The average Bonchev–Trinajstić information content (AvgIpc) is 2.17. The summed E-state index contributed by atoms with van der Waals surface area (Å²) < 4.78 is 57.2. The molecule has 0 spiro atoms. The van der Waals surface area contributed by atoms with E-state index in [0.717, 1.165) is 0 Å². The van der Waals surface area contributed by atoms with Crippen molar-refractivity contribution >= 4 is 0 Å². The fourth-order valence-electron chi connectivity index (χ4n) is 0.995. The van der Waals surface area contributed by atoms with E-state index in [1.807, 2.05) is 0 Å². The van der Waals surface area contributed by atoms with Gasteiger partial charge < -0.3 is 9.47 Å². The second-order valence-electron chi connectivity index (χ2n) is 3.11. The average molecular weight is 238 g/mol. The van der Waals surface area contributed by atoms with E-state index in [-0.39, 0.29) is 5.75 Å². The van der Waals surface area contributed by atoms with E-state index in [1.54, 1.807) is 0 Å². The van der Waals surface area contributed by atoms with Crippen molar-refractivity contribution in [3.8, 4) is 5.75 Å². The zero-order valence-corrected chi connectivity index (χ0v) is 8.47. The van der Waals surface area contributed by atoms with Crippen LogP contribution in [-0.2, 0) is 4.74 Å². The van der Waals surface area contributed by atoms with Gasteiger partial charge in [-0.05, 0) is 18.6 Å². The molecule has 0 saturated heterocycles. The second kappa shape index (κ2) is 5.16. The number of rotatable bonds is 4. The van der Waals surface area contributed by atoms with Crippen molar-refractivity contribution < 1.29 is 27.0 Å². The third-order valence-corrected chi connectivity index (χ3v) is 1.72. The SMILES string of the molecule is Cc1cccc(OCOCC(F)(F)F)c1F. The van der Waals surface area contributed by atoms with Gasteiger partial charge in [0.05, 0.1) is 0 Å². The molecule has 0 aromatic heterocycles. The molecule has 90 valence electrons. The van der Waals surface area contributed by atoms with Crippen LogP contribution in [-0.4, -0.2) is 19.6 Å². The molecule has 0 saturated carbocycles. The summed E-state index contributed by atoms with van der Waals surface area (Å²) in [6.45, 7) is -0.529. The Balaban J connectivity index is 2.41. The largest absolute Gasteiger partial charge is 0.464 e. The molecule has 0 unspecified atom stereocenters. The van der Waals surface area contributed by atoms with Crippen molar-refractivity contribution in [3.05, 3.63) is 29.6 Å². The van der Waals surface area contributed by atoms with Gasteiger partial charge in [0.1, 0.15) is 6.61 Å². The summed E-state index contributed by atoms with van der Waals surface area (Å²) >= 11 is 0. The monoisotopic (exact) mass is 238 g/mol. The highest BCUT2D eigenvalue weighted by molar-refractivity contribution is 5.29. The lowest BCUT2D eigenvalue weighted by molar-refractivity contribution is -0.187. The lowest BCUT2D eigenvalue weighted by Gasteiger charge is -2.10. The van der Waals surface area contributed by atoms with Gasteiger partial charge in [-0.2, -0.15) is 13.2 Å². The molecule has 0 fully saturated rings. The summed E-state index contributed by atoms with van der Waals surface area (Å²) in [5, 5.41) is 0. The lowest BCUT2D eigenvalue weighted by atomic mass is 10.2. The summed E-state index contributed by atoms with van der Waals surface area (Å²) in [5.41, 5.74) is 0.355. The molecule has 0 amide bonds. The first-order chi connectivity index (χ1) is 7.40. The molecule has 1 aromatic rings.